The van der Waals surface area contributed by atoms with E-state index < -0.39 is 40.9 Å². The van der Waals surface area contributed by atoms with Gasteiger partial charge in [-0.05, 0) is 79.9 Å². The summed E-state index contributed by atoms with van der Waals surface area (Å²) in [7, 11) is 0. The van der Waals surface area contributed by atoms with E-state index in [2.05, 4.69) is 13.8 Å². The molecule has 3 aliphatic rings. The minimum absolute atomic E-state index is 0.151. The first-order valence-electron chi connectivity index (χ1n) is 14.4. The number of ether oxygens (including phenoxy) is 2. The number of aliphatic hydroxyl groups excluding tert-OH is 1. The second-order valence-electron chi connectivity index (χ2n) is 12.2. The molecule has 5 atom stereocenters. The SMILES string of the molecule is CC(C)C1=C2[C@H]3C[C@@H](OC(=O)c4ccccc4)C(COC(=O)c4ccccc4)=C[C@H](O)[C@]3(C)CC[C@@]2(C(=O)O)CC1. The van der Waals surface area contributed by atoms with Gasteiger partial charge < -0.3 is 19.7 Å². The first kappa shape index (κ1) is 28.8. The molecule has 216 valence electrons. The maximum Gasteiger partial charge on any atom is 0.338 e. The highest BCUT2D eigenvalue weighted by Crippen LogP contribution is 2.63. The standard InChI is InChI=1S/C34H38O7/c1-21(2)25-14-15-34(32(38)39)17-16-33(3)26(29(25)34)19-27(41-31(37)23-12-8-5-9-13-23)24(18-28(33)35)20-40-30(36)22-10-6-4-7-11-22/h4-13,18,21,26-28,35H,14-17,19-20H2,1-3H3,(H,38,39)/t26-,27-,28+,33-,34+/m1/s1. The summed E-state index contributed by atoms with van der Waals surface area (Å²) in [5.74, 6) is -2.06. The monoisotopic (exact) mass is 558 g/mol. The number of carbonyl (C=O) groups is 3. The van der Waals surface area contributed by atoms with Crippen molar-refractivity contribution in [3.05, 3.63) is 94.6 Å². The number of carbonyl (C=O) groups excluding carboxylic acids is 2. The van der Waals surface area contributed by atoms with Gasteiger partial charge in [0.15, 0.2) is 0 Å². The second kappa shape index (κ2) is 11.3. The first-order chi connectivity index (χ1) is 19.6. The molecule has 7 nitrogen and oxygen atoms in total. The highest BCUT2D eigenvalue weighted by atomic mass is 16.6. The summed E-state index contributed by atoms with van der Waals surface area (Å²) in [6, 6.07) is 17.3. The quantitative estimate of drug-likeness (QED) is 0.317. The highest BCUT2D eigenvalue weighted by molar-refractivity contribution is 5.90. The number of hydrogen-bond donors (Lipinski definition) is 2. The van der Waals surface area contributed by atoms with Gasteiger partial charge in [-0.1, -0.05) is 62.7 Å². The van der Waals surface area contributed by atoms with Gasteiger partial charge in [-0.3, -0.25) is 4.79 Å². The summed E-state index contributed by atoms with van der Waals surface area (Å²) in [4.78, 5) is 38.9. The Morgan fingerprint density at radius 3 is 2.12 bits per heavy atom. The van der Waals surface area contributed by atoms with E-state index in [1.54, 1.807) is 54.6 Å². The number of allylic oxidation sites excluding steroid dienone is 1. The lowest BCUT2D eigenvalue weighted by molar-refractivity contribution is -0.150. The summed E-state index contributed by atoms with van der Waals surface area (Å²) in [5, 5.41) is 22.2. The number of fused-ring (bicyclic) bond motifs is 3. The van der Waals surface area contributed by atoms with Crippen molar-refractivity contribution in [2.45, 2.75) is 65.1 Å². The van der Waals surface area contributed by atoms with Crippen LogP contribution < -0.4 is 0 Å². The van der Waals surface area contributed by atoms with Gasteiger partial charge in [-0.15, -0.1) is 0 Å². The molecule has 2 aromatic carbocycles. The molecular weight excluding hydrogens is 520 g/mol. The summed E-state index contributed by atoms with van der Waals surface area (Å²) >= 11 is 0. The van der Waals surface area contributed by atoms with E-state index in [9.17, 15) is 24.6 Å². The minimum Gasteiger partial charge on any atom is -0.481 e. The zero-order chi connectivity index (χ0) is 29.4. The topological polar surface area (TPSA) is 110 Å². The van der Waals surface area contributed by atoms with Crippen LogP contribution in [-0.2, 0) is 14.3 Å². The molecule has 5 rings (SSSR count). The number of rotatable bonds is 7. The summed E-state index contributed by atoms with van der Waals surface area (Å²) < 4.78 is 11.8. The van der Waals surface area contributed by atoms with Crippen LogP contribution in [0.5, 0.6) is 0 Å². The van der Waals surface area contributed by atoms with Crippen LogP contribution in [0.3, 0.4) is 0 Å². The molecule has 0 saturated heterocycles. The van der Waals surface area contributed by atoms with E-state index in [-0.39, 0.29) is 18.4 Å². The molecule has 0 aliphatic heterocycles. The van der Waals surface area contributed by atoms with Crippen LogP contribution in [0.25, 0.3) is 0 Å². The van der Waals surface area contributed by atoms with Crippen LogP contribution >= 0.6 is 0 Å². The van der Waals surface area contributed by atoms with Crippen LogP contribution in [0, 0.1) is 22.7 Å². The Labute approximate surface area is 240 Å². The van der Waals surface area contributed by atoms with E-state index in [1.807, 2.05) is 19.1 Å². The Morgan fingerprint density at radius 2 is 1.54 bits per heavy atom. The normalized spacial score (nSPS) is 29.2. The third-order valence-electron chi connectivity index (χ3n) is 9.57. The maximum atomic E-state index is 13.3. The van der Waals surface area contributed by atoms with Crippen molar-refractivity contribution in [3.8, 4) is 0 Å². The van der Waals surface area contributed by atoms with Crippen LogP contribution in [0.15, 0.2) is 83.5 Å². The minimum atomic E-state index is -0.984. The maximum absolute atomic E-state index is 13.3. The first-order valence-corrected chi connectivity index (χ1v) is 14.4. The molecule has 2 N–H and O–H groups in total. The number of aliphatic carboxylic acids is 1. The number of carboxylic acid groups (broad SMARTS) is 1. The van der Waals surface area contributed by atoms with Crippen LogP contribution in [0.4, 0.5) is 0 Å². The van der Waals surface area contributed by atoms with Gasteiger partial charge in [-0.2, -0.15) is 0 Å². The molecule has 0 radical (unpaired) electrons. The van der Waals surface area contributed by atoms with E-state index in [1.165, 1.54) is 0 Å². The Morgan fingerprint density at radius 1 is 0.927 bits per heavy atom. The van der Waals surface area contributed by atoms with Crippen molar-refractivity contribution in [3.63, 3.8) is 0 Å². The third kappa shape index (κ3) is 5.23. The highest BCUT2D eigenvalue weighted by Gasteiger charge is 2.60. The summed E-state index contributed by atoms with van der Waals surface area (Å²) in [5.41, 5.74) is 1.62. The van der Waals surface area contributed by atoms with Gasteiger partial charge in [0.05, 0.1) is 22.6 Å². The van der Waals surface area contributed by atoms with Crippen molar-refractivity contribution < 1.29 is 34.1 Å². The molecule has 0 spiro atoms. The Kier molecular flexibility index (Phi) is 7.93. The smallest absolute Gasteiger partial charge is 0.338 e. The molecule has 1 fully saturated rings. The molecule has 0 heterocycles. The van der Waals surface area contributed by atoms with E-state index >= 15 is 0 Å². The average Bonchev–Trinajstić information content (AvgIpc) is 3.34. The van der Waals surface area contributed by atoms with E-state index in [4.69, 9.17) is 9.47 Å². The molecular formula is C34H38O7. The molecule has 0 amide bonds. The number of esters is 2. The van der Waals surface area contributed by atoms with Crippen LogP contribution in [0.1, 0.15) is 73.6 Å². The van der Waals surface area contributed by atoms with Gasteiger partial charge in [0.1, 0.15) is 12.7 Å². The average molecular weight is 559 g/mol. The lowest BCUT2D eigenvalue weighted by Gasteiger charge is -2.51. The second-order valence-corrected chi connectivity index (χ2v) is 12.2. The van der Waals surface area contributed by atoms with Gasteiger partial charge >= 0.3 is 17.9 Å². The van der Waals surface area contributed by atoms with Gasteiger partial charge in [0.2, 0.25) is 0 Å². The fourth-order valence-electron chi connectivity index (χ4n) is 7.11. The van der Waals surface area contributed by atoms with Crippen molar-refractivity contribution in [1.29, 1.82) is 0 Å². The summed E-state index contributed by atoms with van der Waals surface area (Å²) in [6.45, 7) is 6.00. The molecule has 0 aromatic heterocycles. The van der Waals surface area contributed by atoms with Gasteiger partial charge in [0.25, 0.3) is 0 Å². The van der Waals surface area contributed by atoms with E-state index in [0.29, 0.717) is 48.8 Å². The van der Waals surface area contributed by atoms with Crippen molar-refractivity contribution in [1.82, 2.24) is 0 Å². The zero-order valence-electron chi connectivity index (χ0n) is 23.8. The van der Waals surface area contributed by atoms with Crippen molar-refractivity contribution >= 4 is 17.9 Å². The van der Waals surface area contributed by atoms with Crippen molar-refractivity contribution in [2.75, 3.05) is 6.61 Å². The van der Waals surface area contributed by atoms with Crippen LogP contribution in [0.2, 0.25) is 0 Å². The zero-order valence-corrected chi connectivity index (χ0v) is 23.8. The number of aliphatic hydroxyl groups is 1. The predicted molar refractivity (Wildman–Crippen MR) is 153 cm³/mol. The number of benzene rings is 2. The van der Waals surface area contributed by atoms with Gasteiger partial charge in [-0.25, -0.2) is 9.59 Å². The molecule has 3 aliphatic carbocycles. The largest absolute Gasteiger partial charge is 0.481 e. The molecule has 0 unspecified atom stereocenters. The lowest BCUT2D eigenvalue weighted by atomic mass is 9.53. The summed E-state index contributed by atoms with van der Waals surface area (Å²) in [6.07, 6.45) is 2.38. The fourth-order valence-corrected chi connectivity index (χ4v) is 7.11. The molecule has 1 saturated carbocycles. The van der Waals surface area contributed by atoms with Crippen LogP contribution in [-0.4, -0.2) is 46.9 Å². The molecule has 7 heteroatoms. The van der Waals surface area contributed by atoms with E-state index in [0.717, 1.165) is 11.1 Å². The Hall–Kier alpha value is -3.71. The third-order valence-corrected chi connectivity index (χ3v) is 9.57. The fraction of sp³-hybridized carbons (Fsp3) is 0.441. The predicted octanol–water partition coefficient (Wildman–Crippen LogP) is 5.99. The number of carboxylic acids is 1. The molecule has 0 bridgehead atoms. The van der Waals surface area contributed by atoms with Crippen molar-refractivity contribution in [2.24, 2.45) is 22.7 Å². The van der Waals surface area contributed by atoms with Gasteiger partial charge in [0, 0.05) is 11.0 Å². The number of hydrogen-bond acceptors (Lipinski definition) is 6. The Balaban J connectivity index is 1.54. The molecule has 41 heavy (non-hydrogen) atoms. The lowest BCUT2D eigenvalue weighted by Crippen LogP contribution is -2.50. The Bertz CT molecular complexity index is 1380. The molecule has 2 aromatic rings.